The molecule has 0 spiro atoms. The summed E-state index contributed by atoms with van der Waals surface area (Å²) in [5.74, 6) is 0. The number of benzene rings is 2. The van der Waals surface area contributed by atoms with Crippen molar-refractivity contribution < 1.29 is 22.7 Å². The predicted molar refractivity (Wildman–Crippen MR) is 121 cm³/mol. The van der Waals surface area contributed by atoms with Crippen molar-refractivity contribution in [1.29, 1.82) is 0 Å². The van der Waals surface area contributed by atoms with Gasteiger partial charge in [0.2, 0.25) is 0 Å². The quantitative estimate of drug-likeness (QED) is 0.387. The molecule has 1 heterocycles. The highest BCUT2D eigenvalue weighted by Gasteiger charge is 2.31. The van der Waals surface area contributed by atoms with E-state index in [4.69, 9.17) is 9.57 Å². The largest absolute Gasteiger partial charge is 0.467 e. The summed E-state index contributed by atoms with van der Waals surface area (Å²) >= 11 is 0. The summed E-state index contributed by atoms with van der Waals surface area (Å²) in [5.41, 5.74) is 0.205. The van der Waals surface area contributed by atoms with E-state index in [-0.39, 0.29) is 23.0 Å². The van der Waals surface area contributed by atoms with Gasteiger partial charge in [-0.3, -0.25) is 0 Å². The number of rotatable bonds is 7. The number of para-hydroxylation sites is 1. The molecular weight excluding hydrogens is 453 g/mol. The molecule has 0 amide bonds. The highest BCUT2D eigenvalue weighted by atomic mass is 19.4. The molecule has 0 unspecified atom stereocenters. The van der Waals surface area contributed by atoms with Gasteiger partial charge in [0.05, 0.1) is 30.3 Å². The second kappa shape index (κ2) is 10.1. The molecule has 1 aromatic heterocycles. The molecule has 0 atom stereocenters. The zero-order valence-electron chi connectivity index (χ0n) is 18.7. The van der Waals surface area contributed by atoms with E-state index in [9.17, 15) is 18.0 Å². The van der Waals surface area contributed by atoms with Crippen molar-refractivity contribution in [2.75, 3.05) is 14.2 Å². The van der Waals surface area contributed by atoms with Gasteiger partial charge in [-0.1, -0.05) is 35.5 Å². The van der Waals surface area contributed by atoms with Crippen LogP contribution in [0, 0.1) is 0 Å². The fourth-order valence-electron chi connectivity index (χ4n) is 3.07. The van der Waals surface area contributed by atoms with Crippen LogP contribution in [0.15, 0.2) is 68.7 Å². The van der Waals surface area contributed by atoms with Gasteiger partial charge in [0, 0.05) is 18.2 Å². The standard InChI is InChI=1S/C22H21F3N6O3/c1-14(19(29-34-4)15-9-7-10-17(12-15)22(23,24)25)27-26-13-16-8-5-6-11-18(16)31-20(33-3)28-30(2)21(31)32/h5-13H,1-4H3. The molecule has 0 aliphatic heterocycles. The summed E-state index contributed by atoms with van der Waals surface area (Å²) in [6.07, 6.45) is -3.11. The average molecular weight is 474 g/mol. The van der Waals surface area contributed by atoms with Gasteiger partial charge in [0.25, 0.3) is 0 Å². The number of ether oxygens (including phenoxy) is 1. The van der Waals surface area contributed by atoms with Crippen LogP contribution in [0.25, 0.3) is 5.69 Å². The van der Waals surface area contributed by atoms with Crippen molar-refractivity contribution in [3.8, 4) is 11.7 Å². The van der Waals surface area contributed by atoms with Crippen LogP contribution >= 0.6 is 0 Å². The van der Waals surface area contributed by atoms with E-state index in [0.29, 0.717) is 11.3 Å². The maximum atomic E-state index is 13.1. The number of alkyl halides is 3. The van der Waals surface area contributed by atoms with E-state index in [1.54, 1.807) is 24.3 Å². The summed E-state index contributed by atoms with van der Waals surface area (Å²) in [4.78, 5) is 17.3. The molecule has 2 aromatic carbocycles. The molecule has 0 fully saturated rings. The molecule has 0 N–H and O–H groups in total. The second-order valence-electron chi connectivity index (χ2n) is 6.92. The van der Waals surface area contributed by atoms with Crippen LogP contribution in [0.4, 0.5) is 13.2 Å². The highest BCUT2D eigenvalue weighted by molar-refractivity contribution is 6.47. The van der Waals surface area contributed by atoms with Crippen LogP contribution in [0.1, 0.15) is 23.6 Å². The van der Waals surface area contributed by atoms with Gasteiger partial charge < -0.3 is 9.57 Å². The summed E-state index contributed by atoms with van der Waals surface area (Å²) < 4.78 is 46.9. The zero-order chi connectivity index (χ0) is 24.9. The SMILES string of the molecule is CON=C(C(C)=NN=Cc1ccccc1-n1c(OC)nn(C)c1=O)c1cccc(C(F)(F)F)c1. The van der Waals surface area contributed by atoms with E-state index in [1.807, 2.05) is 0 Å². The second-order valence-corrected chi connectivity index (χ2v) is 6.92. The first kappa shape index (κ1) is 24.4. The topological polar surface area (TPSA) is 95.4 Å². The maximum absolute atomic E-state index is 13.1. The monoisotopic (exact) mass is 474 g/mol. The fourth-order valence-corrected chi connectivity index (χ4v) is 3.07. The van der Waals surface area contributed by atoms with Crippen LogP contribution in [0.5, 0.6) is 6.01 Å². The Hall–Kier alpha value is -4.22. The Morgan fingerprint density at radius 2 is 1.85 bits per heavy atom. The van der Waals surface area contributed by atoms with Crippen molar-refractivity contribution in [3.05, 3.63) is 75.7 Å². The summed E-state index contributed by atoms with van der Waals surface area (Å²) in [5, 5.41) is 15.9. The molecule has 0 saturated carbocycles. The zero-order valence-corrected chi connectivity index (χ0v) is 18.7. The Kier molecular flexibility index (Phi) is 7.29. The lowest BCUT2D eigenvalue weighted by atomic mass is 10.0. The molecule has 9 nitrogen and oxygen atoms in total. The van der Waals surface area contributed by atoms with Gasteiger partial charge in [0.15, 0.2) is 0 Å². The van der Waals surface area contributed by atoms with Gasteiger partial charge in [-0.05, 0) is 25.1 Å². The Bertz CT molecular complexity index is 1320. The number of methoxy groups -OCH3 is 1. The Labute approximate surface area is 192 Å². The molecule has 34 heavy (non-hydrogen) atoms. The molecule has 3 aromatic rings. The lowest BCUT2D eigenvalue weighted by Crippen LogP contribution is -2.22. The summed E-state index contributed by atoms with van der Waals surface area (Å²) in [6.45, 7) is 1.54. The molecule has 0 saturated heterocycles. The first-order chi connectivity index (χ1) is 16.2. The van der Waals surface area contributed by atoms with Crippen molar-refractivity contribution in [2.24, 2.45) is 22.4 Å². The number of halogens is 3. The Morgan fingerprint density at radius 1 is 1.12 bits per heavy atom. The first-order valence-corrected chi connectivity index (χ1v) is 9.83. The van der Waals surface area contributed by atoms with Crippen LogP contribution in [0.2, 0.25) is 0 Å². The van der Waals surface area contributed by atoms with Crippen LogP contribution in [-0.4, -0.2) is 46.2 Å². The summed E-state index contributed by atoms with van der Waals surface area (Å²) in [7, 11) is 4.17. The third kappa shape index (κ3) is 5.22. The molecule has 178 valence electrons. The van der Waals surface area contributed by atoms with Gasteiger partial charge in [0.1, 0.15) is 12.8 Å². The average Bonchev–Trinajstić information content (AvgIpc) is 3.10. The van der Waals surface area contributed by atoms with E-state index >= 15 is 0 Å². The molecule has 12 heteroatoms. The lowest BCUT2D eigenvalue weighted by Gasteiger charge is -2.10. The van der Waals surface area contributed by atoms with Crippen LogP contribution in [-0.2, 0) is 18.1 Å². The predicted octanol–water partition coefficient (Wildman–Crippen LogP) is 3.44. The van der Waals surface area contributed by atoms with Crippen molar-refractivity contribution in [1.82, 2.24) is 14.3 Å². The molecular formula is C22H21F3N6O3. The molecule has 3 rings (SSSR count). The minimum atomic E-state index is -4.51. The third-order valence-corrected chi connectivity index (χ3v) is 4.65. The molecule has 0 aliphatic carbocycles. The minimum Gasteiger partial charge on any atom is -0.467 e. The third-order valence-electron chi connectivity index (χ3n) is 4.65. The molecule has 0 aliphatic rings. The van der Waals surface area contributed by atoms with Crippen molar-refractivity contribution in [2.45, 2.75) is 13.1 Å². The first-order valence-electron chi connectivity index (χ1n) is 9.83. The number of oxime groups is 1. The lowest BCUT2D eigenvalue weighted by molar-refractivity contribution is -0.137. The normalized spacial score (nSPS) is 12.9. The fraction of sp³-hybridized carbons (Fsp3) is 0.227. The molecule has 0 radical (unpaired) electrons. The number of hydrogen-bond donors (Lipinski definition) is 0. The van der Waals surface area contributed by atoms with E-state index < -0.39 is 17.4 Å². The van der Waals surface area contributed by atoms with Gasteiger partial charge in [-0.15, -0.1) is 5.10 Å². The summed E-state index contributed by atoms with van der Waals surface area (Å²) in [6, 6.07) is 11.6. The van der Waals surface area contributed by atoms with Gasteiger partial charge >= 0.3 is 17.9 Å². The number of hydrogen-bond acceptors (Lipinski definition) is 7. The van der Waals surface area contributed by atoms with E-state index in [1.165, 1.54) is 51.1 Å². The minimum absolute atomic E-state index is 0.0872. The number of nitrogens with zero attached hydrogens (tertiary/aromatic N) is 6. The van der Waals surface area contributed by atoms with Crippen LogP contribution in [0.3, 0.4) is 0 Å². The highest BCUT2D eigenvalue weighted by Crippen LogP contribution is 2.29. The van der Waals surface area contributed by atoms with Crippen LogP contribution < -0.4 is 10.4 Å². The van der Waals surface area contributed by atoms with E-state index in [2.05, 4.69) is 20.5 Å². The van der Waals surface area contributed by atoms with Gasteiger partial charge in [-0.25, -0.2) is 14.0 Å². The Morgan fingerprint density at radius 3 is 2.53 bits per heavy atom. The maximum Gasteiger partial charge on any atom is 0.416 e. The van der Waals surface area contributed by atoms with Crippen molar-refractivity contribution >= 4 is 17.6 Å². The van der Waals surface area contributed by atoms with Crippen molar-refractivity contribution in [3.63, 3.8) is 0 Å². The smallest absolute Gasteiger partial charge is 0.416 e. The van der Waals surface area contributed by atoms with E-state index in [0.717, 1.165) is 16.8 Å². The number of aryl methyl sites for hydroxylation is 1. The molecule has 0 bridgehead atoms. The van der Waals surface area contributed by atoms with Gasteiger partial charge in [-0.2, -0.15) is 23.4 Å². The number of aromatic nitrogens is 3. The Balaban J connectivity index is 1.97.